The molecular formula is C25H30N4O5. The van der Waals surface area contributed by atoms with Crippen molar-refractivity contribution in [2.75, 3.05) is 43.5 Å². The highest BCUT2D eigenvalue weighted by Gasteiger charge is 2.33. The zero-order valence-corrected chi connectivity index (χ0v) is 19.5. The molecule has 1 atom stereocenters. The first kappa shape index (κ1) is 24.9. The fraction of sp³-hybridized carbons (Fsp3) is 0.360. The van der Waals surface area contributed by atoms with E-state index in [1.807, 2.05) is 37.3 Å². The molecule has 0 radical (unpaired) electrons. The van der Waals surface area contributed by atoms with Crippen molar-refractivity contribution < 1.29 is 23.9 Å². The van der Waals surface area contributed by atoms with Gasteiger partial charge >= 0.3 is 5.97 Å². The molecule has 1 unspecified atom stereocenters. The van der Waals surface area contributed by atoms with E-state index in [2.05, 4.69) is 10.6 Å². The lowest BCUT2D eigenvalue weighted by Crippen LogP contribution is -2.57. The van der Waals surface area contributed by atoms with E-state index < -0.39 is 12.0 Å². The van der Waals surface area contributed by atoms with Gasteiger partial charge in [-0.05, 0) is 42.8 Å². The first-order valence-electron chi connectivity index (χ1n) is 11.3. The number of esters is 1. The zero-order chi connectivity index (χ0) is 24.5. The Hall–Kier alpha value is -3.72. The van der Waals surface area contributed by atoms with Gasteiger partial charge in [-0.25, -0.2) is 0 Å². The smallest absolute Gasteiger partial charge is 0.307 e. The summed E-state index contributed by atoms with van der Waals surface area (Å²) in [4.78, 5) is 52.9. The summed E-state index contributed by atoms with van der Waals surface area (Å²) in [5.41, 5.74) is 1.80. The summed E-state index contributed by atoms with van der Waals surface area (Å²) in [6.45, 7) is 2.99. The highest BCUT2D eigenvalue weighted by atomic mass is 16.5. The number of anilines is 2. The molecule has 1 saturated heterocycles. The summed E-state index contributed by atoms with van der Waals surface area (Å²) in [6.07, 6.45) is 0.590. The van der Waals surface area contributed by atoms with Gasteiger partial charge in [-0.15, -0.1) is 0 Å². The van der Waals surface area contributed by atoms with Gasteiger partial charge in [0.05, 0.1) is 19.6 Å². The number of piperazine rings is 1. The van der Waals surface area contributed by atoms with E-state index in [9.17, 15) is 19.2 Å². The number of hydrogen-bond donors (Lipinski definition) is 2. The number of rotatable bonds is 9. The number of para-hydroxylation sites is 1. The Balaban J connectivity index is 1.57. The monoisotopic (exact) mass is 466 g/mol. The molecular weight excluding hydrogens is 436 g/mol. The van der Waals surface area contributed by atoms with Crippen LogP contribution in [-0.2, 0) is 19.1 Å². The Kier molecular flexibility index (Phi) is 8.75. The van der Waals surface area contributed by atoms with Crippen molar-refractivity contribution in [3.05, 3.63) is 60.2 Å². The summed E-state index contributed by atoms with van der Waals surface area (Å²) in [5, 5.41) is 5.51. The second-order valence-electron chi connectivity index (χ2n) is 8.03. The Morgan fingerprint density at radius 1 is 1.12 bits per heavy atom. The average Bonchev–Trinajstić information content (AvgIpc) is 2.85. The number of nitrogens with zero attached hydrogens (tertiary/aromatic N) is 2. The Labute approximate surface area is 199 Å². The fourth-order valence-electron chi connectivity index (χ4n) is 3.65. The third-order valence-electron chi connectivity index (χ3n) is 5.48. The lowest BCUT2D eigenvalue weighted by atomic mass is 10.1. The number of ether oxygens (including phenoxy) is 1. The van der Waals surface area contributed by atoms with Crippen LogP contribution in [0.25, 0.3) is 0 Å². The van der Waals surface area contributed by atoms with E-state index in [0.29, 0.717) is 37.4 Å². The quantitative estimate of drug-likeness (QED) is 0.548. The number of amides is 3. The van der Waals surface area contributed by atoms with Gasteiger partial charge in [-0.3, -0.25) is 24.1 Å². The predicted octanol–water partition coefficient (Wildman–Crippen LogP) is 2.05. The van der Waals surface area contributed by atoms with Crippen LogP contribution in [0.5, 0.6) is 0 Å². The Morgan fingerprint density at radius 2 is 1.82 bits per heavy atom. The fourth-order valence-corrected chi connectivity index (χ4v) is 3.65. The summed E-state index contributed by atoms with van der Waals surface area (Å²) >= 11 is 0. The van der Waals surface area contributed by atoms with E-state index in [1.165, 1.54) is 0 Å². The third kappa shape index (κ3) is 6.64. The summed E-state index contributed by atoms with van der Waals surface area (Å²) in [6, 6.07) is 15.2. The first-order valence-corrected chi connectivity index (χ1v) is 11.3. The second kappa shape index (κ2) is 11.9. The Morgan fingerprint density at radius 3 is 2.50 bits per heavy atom. The number of nitrogens with one attached hydrogen (secondary N) is 2. The molecule has 1 heterocycles. The molecule has 0 bridgehead atoms. The third-order valence-corrected chi connectivity index (χ3v) is 5.48. The second-order valence-corrected chi connectivity index (χ2v) is 8.03. The molecule has 0 saturated carbocycles. The van der Waals surface area contributed by atoms with Gasteiger partial charge in [-0.2, -0.15) is 0 Å². The molecule has 0 aromatic heterocycles. The molecule has 9 heteroatoms. The maximum atomic E-state index is 12.7. The molecule has 3 amide bonds. The number of carbonyl (C=O) groups is 4. The highest BCUT2D eigenvalue weighted by molar-refractivity contribution is 6.06. The topological polar surface area (TPSA) is 108 Å². The molecule has 1 aliphatic rings. The average molecular weight is 467 g/mol. The van der Waals surface area contributed by atoms with Gasteiger partial charge in [0.25, 0.3) is 5.91 Å². The highest BCUT2D eigenvalue weighted by Crippen LogP contribution is 2.17. The van der Waals surface area contributed by atoms with Crippen molar-refractivity contribution >= 4 is 35.1 Å². The van der Waals surface area contributed by atoms with Gasteiger partial charge in [0.1, 0.15) is 6.04 Å². The SMILES string of the molecule is CCCOC(=O)CC1C(=O)NCCN1CC(=O)Nc1ccc(C(=O)N(C)c2ccccc2)cc1. The lowest BCUT2D eigenvalue weighted by Gasteiger charge is -2.33. The van der Waals surface area contributed by atoms with Crippen LogP contribution < -0.4 is 15.5 Å². The van der Waals surface area contributed by atoms with Crippen molar-refractivity contribution in [2.45, 2.75) is 25.8 Å². The molecule has 180 valence electrons. The van der Waals surface area contributed by atoms with E-state index in [-0.39, 0.29) is 30.7 Å². The van der Waals surface area contributed by atoms with Crippen LogP contribution in [0.1, 0.15) is 30.1 Å². The number of hydrogen-bond acceptors (Lipinski definition) is 6. The standard InChI is InChI=1S/C25H30N4O5/c1-3-15-34-23(31)16-21-24(32)26-13-14-29(21)17-22(30)27-19-11-9-18(10-12-19)25(33)28(2)20-7-5-4-6-8-20/h4-12,21H,3,13-17H2,1-2H3,(H,26,32)(H,27,30). The van der Waals surface area contributed by atoms with Crippen molar-refractivity contribution in [2.24, 2.45) is 0 Å². The van der Waals surface area contributed by atoms with E-state index in [4.69, 9.17) is 4.74 Å². The van der Waals surface area contributed by atoms with Gasteiger partial charge in [0.15, 0.2) is 0 Å². The summed E-state index contributed by atoms with van der Waals surface area (Å²) in [7, 11) is 1.70. The molecule has 1 aliphatic heterocycles. The van der Waals surface area contributed by atoms with Gasteiger partial charge < -0.3 is 20.3 Å². The minimum Gasteiger partial charge on any atom is -0.466 e. The molecule has 0 spiro atoms. The normalized spacial score (nSPS) is 15.8. The van der Waals surface area contributed by atoms with Crippen LogP contribution in [0.3, 0.4) is 0 Å². The van der Waals surface area contributed by atoms with Crippen LogP contribution in [0.2, 0.25) is 0 Å². The molecule has 34 heavy (non-hydrogen) atoms. The minimum absolute atomic E-state index is 0.0451. The van der Waals surface area contributed by atoms with Crippen LogP contribution >= 0.6 is 0 Å². The predicted molar refractivity (Wildman–Crippen MR) is 128 cm³/mol. The van der Waals surface area contributed by atoms with Crippen LogP contribution in [0.4, 0.5) is 11.4 Å². The maximum absolute atomic E-state index is 12.7. The van der Waals surface area contributed by atoms with E-state index in [0.717, 1.165) is 5.69 Å². The molecule has 1 fully saturated rings. The number of benzene rings is 2. The molecule has 2 aromatic carbocycles. The molecule has 2 N–H and O–H groups in total. The lowest BCUT2D eigenvalue weighted by molar-refractivity contribution is -0.148. The van der Waals surface area contributed by atoms with E-state index in [1.54, 1.807) is 41.1 Å². The first-order chi connectivity index (χ1) is 16.4. The molecule has 2 aromatic rings. The molecule has 9 nitrogen and oxygen atoms in total. The molecule has 0 aliphatic carbocycles. The van der Waals surface area contributed by atoms with Crippen molar-refractivity contribution in [3.63, 3.8) is 0 Å². The van der Waals surface area contributed by atoms with Crippen LogP contribution in [0, 0.1) is 0 Å². The van der Waals surface area contributed by atoms with Crippen molar-refractivity contribution in [1.82, 2.24) is 10.2 Å². The van der Waals surface area contributed by atoms with Crippen LogP contribution in [0.15, 0.2) is 54.6 Å². The van der Waals surface area contributed by atoms with Gasteiger partial charge in [-0.1, -0.05) is 25.1 Å². The van der Waals surface area contributed by atoms with Gasteiger partial charge in [0, 0.05) is 37.1 Å². The van der Waals surface area contributed by atoms with E-state index >= 15 is 0 Å². The van der Waals surface area contributed by atoms with Gasteiger partial charge in [0.2, 0.25) is 11.8 Å². The zero-order valence-electron chi connectivity index (χ0n) is 19.5. The summed E-state index contributed by atoms with van der Waals surface area (Å²) < 4.78 is 5.09. The maximum Gasteiger partial charge on any atom is 0.307 e. The number of carbonyl (C=O) groups excluding carboxylic acids is 4. The largest absolute Gasteiger partial charge is 0.466 e. The Bertz CT molecular complexity index is 1010. The minimum atomic E-state index is -0.752. The van der Waals surface area contributed by atoms with Crippen LogP contribution in [-0.4, -0.2) is 67.9 Å². The van der Waals surface area contributed by atoms with Crippen molar-refractivity contribution in [1.29, 1.82) is 0 Å². The summed E-state index contributed by atoms with van der Waals surface area (Å²) in [5.74, 6) is -1.24. The molecule has 3 rings (SSSR count). The van der Waals surface area contributed by atoms with Crippen molar-refractivity contribution in [3.8, 4) is 0 Å².